The second kappa shape index (κ2) is 8.80. The third-order valence-electron chi connectivity index (χ3n) is 3.29. The highest BCUT2D eigenvalue weighted by atomic mass is 32.2. The Labute approximate surface area is 134 Å². The molecule has 1 heterocycles. The van der Waals surface area contributed by atoms with Gasteiger partial charge in [-0.1, -0.05) is 17.7 Å². The molecule has 1 aliphatic heterocycles. The van der Waals surface area contributed by atoms with Gasteiger partial charge in [0.2, 0.25) is 0 Å². The van der Waals surface area contributed by atoms with Crippen LogP contribution in [0.3, 0.4) is 0 Å². The Balaban J connectivity index is 1.58. The summed E-state index contributed by atoms with van der Waals surface area (Å²) in [5, 5.41) is 2.71. The minimum absolute atomic E-state index is 0.0942. The van der Waals surface area contributed by atoms with Crippen molar-refractivity contribution in [3.63, 3.8) is 0 Å². The summed E-state index contributed by atoms with van der Waals surface area (Å²) in [5.41, 5.74) is 1.18. The average Bonchev–Trinajstić information content (AvgIpc) is 3.04. The first-order valence-corrected chi connectivity index (χ1v) is 8.35. The molecule has 2 rings (SSSR count). The molecule has 0 radical (unpaired) electrons. The summed E-state index contributed by atoms with van der Waals surface area (Å²) in [6.45, 7) is 3.01. The van der Waals surface area contributed by atoms with Crippen LogP contribution in [0.1, 0.15) is 18.4 Å². The van der Waals surface area contributed by atoms with E-state index in [0.717, 1.165) is 24.3 Å². The predicted octanol–water partition coefficient (Wildman–Crippen LogP) is 1.93. The van der Waals surface area contributed by atoms with Gasteiger partial charge in [-0.05, 0) is 31.9 Å². The summed E-state index contributed by atoms with van der Waals surface area (Å²) < 4.78 is 10.4. The van der Waals surface area contributed by atoms with E-state index in [9.17, 15) is 9.59 Å². The molecule has 0 spiro atoms. The number of hydrogen-bond donors (Lipinski definition) is 1. The molecule has 1 unspecified atom stereocenters. The maximum Gasteiger partial charge on any atom is 0.316 e. The predicted molar refractivity (Wildman–Crippen MR) is 84.8 cm³/mol. The molecule has 6 heteroatoms. The molecular formula is C16H21NO4S. The lowest BCUT2D eigenvalue weighted by atomic mass is 10.2. The fourth-order valence-electron chi connectivity index (χ4n) is 2.05. The molecule has 1 saturated heterocycles. The van der Waals surface area contributed by atoms with Gasteiger partial charge in [-0.25, -0.2) is 0 Å². The number of thioether (sulfide) groups is 1. The normalized spacial score (nSPS) is 17.2. The van der Waals surface area contributed by atoms with E-state index in [-0.39, 0.29) is 24.4 Å². The lowest BCUT2D eigenvalue weighted by Crippen LogP contribution is -2.35. The zero-order valence-electron chi connectivity index (χ0n) is 12.7. The number of nitrogens with one attached hydrogen (secondary N) is 1. The molecule has 5 nitrogen and oxygen atoms in total. The number of aryl methyl sites for hydroxylation is 1. The van der Waals surface area contributed by atoms with Crippen LogP contribution in [0.2, 0.25) is 0 Å². The smallest absolute Gasteiger partial charge is 0.316 e. The molecular weight excluding hydrogens is 302 g/mol. The zero-order valence-corrected chi connectivity index (χ0v) is 13.5. The van der Waals surface area contributed by atoms with Crippen LogP contribution in [-0.4, -0.2) is 43.5 Å². The maximum atomic E-state index is 11.6. The van der Waals surface area contributed by atoms with Gasteiger partial charge in [0, 0.05) is 18.0 Å². The molecule has 0 bridgehead atoms. The number of benzene rings is 1. The highest BCUT2D eigenvalue weighted by Crippen LogP contribution is 2.18. The Kier molecular flexibility index (Phi) is 6.74. The van der Waals surface area contributed by atoms with Crippen LogP contribution in [0.4, 0.5) is 0 Å². The van der Waals surface area contributed by atoms with E-state index in [1.54, 1.807) is 0 Å². The second-order valence-electron chi connectivity index (χ2n) is 5.20. The van der Waals surface area contributed by atoms with Crippen molar-refractivity contribution < 1.29 is 19.1 Å². The van der Waals surface area contributed by atoms with Gasteiger partial charge in [-0.2, -0.15) is 0 Å². The van der Waals surface area contributed by atoms with Gasteiger partial charge in [0.15, 0.2) is 6.61 Å². The van der Waals surface area contributed by atoms with Crippen molar-refractivity contribution in [1.29, 1.82) is 0 Å². The number of ether oxygens (including phenoxy) is 2. The number of amides is 1. The number of hydrogen-bond acceptors (Lipinski definition) is 5. The van der Waals surface area contributed by atoms with Crippen molar-refractivity contribution in [2.75, 3.05) is 25.5 Å². The number of carbonyl (C=O) groups excluding carboxylic acids is 2. The molecule has 22 heavy (non-hydrogen) atoms. The van der Waals surface area contributed by atoms with Crippen molar-refractivity contribution in [3.8, 4) is 0 Å². The van der Waals surface area contributed by atoms with Crippen molar-refractivity contribution >= 4 is 23.6 Å². The second-order valence-corrected chi connectivity index (χ2v) is 6.25. The van der Waals surface area contributed by atoms with Crippen LogP contribution in [-0.2, 0) is 19.1 Å². The fourth-order valence-corrected chi connectivity index (χ4v) is 2.74. The molecule has 0 saturated carbocycles. The largest absolute Gasteiger partial charge is 0.455 e. The Morgan fingerprint density at radius 3 is 2.82 bits per heavy atom. The summed E-state index contributed by atoms with van der Waals surface area (Å²) in [4.78, 5) is 24.2. The quantitative estimate of drug-likeness (QED) is 0.613. The molecule has 1 atom stereocenters. The summed E-state index contributed by atoms with van der Waals surface area (Å²) in [6, 6.07) is 7.90. The van der Waals surface area contributed by atoms with Crippen LogP contribution in [0.15, 0.2) is 29.2 Å². The highest BCUT2D eigenvalue weighted by molar-refractivity contribution is 8.00. The topological polar surface area (TPSA) is 64.6 Å². The third kappa shape index (κ3) is 6.07. The molecule has 0 aromatic heterocycles. The molecule has 1 N–H and O–H groups in total. The average molecular weight is 323 g/mol. The van der Waals surface area contributed by atoms with Gasteiger partial charge in [-0.3, -0.25) is 9.59 Å². The third-order valence-corrected chi connectivity index (χ3v) is 4.28. The molecule has 120 valence electrons. The Bertz CT molecular complexity index is 497. The molecule has 0 aliphatic carbocycles. The molecule has 1 aromatic carbocycles. The summed E-state index contributed by atoms with van der Waals surface area (Å²) in [6.07, 6.45) is 2.09. The lowest BCUT2D eigenvalue weighted by Gasteiger charge is -2.10. The molecule has 1 amide bonds. The minimum atomic E-state index is -0.391. The summed E-state index contributed by atoms with van der Waals surface area (Å²) in [5.74, 6) is -0.482. The Morgan fingerprint density at radius 2 is 2.14 bits per heavy atom. The van der Waals surface area contributed by atoms with E-state index in [1.807, 2.05) is 31.2 Å². The summed E-state index contributed by atoms with van der Waals surface area (Å²) >= 11 is 1.40. The number of carbonyl (C=O) groups is 2. The SMILES string of the molecule is Cc1ccc(SCC(=O)OCC(=O)NCC2CCCO2)cc1. The van der Waals surface area contributed by atoms with Crippen molar-refractivity contribution in [2.24, 2.45) is 0 Å². The van der Waals surface area contributed by atoms with E-state index < -0.39 is 5.97 Å². The van der Waals surface area contributed by atoms with Gasteiger partial charge >= 0.3 is 5.97 Å². The van der Waals surface area contributed by atoms with E-state index in [4.69, 9.17) is 9.47 Å². The van der Waals surface area contributed by atoms with Gasteiger partial charge in [-0.15, -0.1) is 11.8 Å². The van der Waals surface area contributed by atoms with Crippen LogP contribution in [0.5, 0.6) is 0 Å². The molecule has 1 fully saturated rings. The standard InChI is InChI=1S/C16H21NO4S/c1-12-4-6-14(7-5-12)22-11-16(19)21-10-15(18)17-9-13-3-2-8-20-13/h4-7,13H,2-3,8-11H2,1H3,(H,17,18). The van der Waals surface area contributed by atoms with Crippen LogP contribution in [0.25, 0.3) is 0 Å². The Morgan fingerprint density at radius 1 is 1.36 bits per heavy atom. The van der Waals surface area contributed by atoms with Gasteiger partial charge in [0.05, 0.1) is 11.9 Å². The van der Waals surface area contributed by atoms with Gasteiger partial charge in [0.1, 0.15) is 0 Å². The summed E-state index contributed by atoms with van der Waals surface area (Å²) in [7, 11) is 0. The first-order valence-electron chi connectivity index (χ1n) is 7.37. The first kappa shape index (κ1) is 16.8. The highest BCUT2D eigenvalue weighted by Gasteiger charge is 2.16. The van der Waals surface area contributed by atoms with E-state index in [2.05, 4.69) is 5.32 Å². The molecule has 1 aromatic rings. The monoisotopic (exact) mass is 323 g/mol. The molecule has 1 aliphatic rings. The van der Waals surface area contributed by atoms with Crippen molar-refractivity contribution in [2.45, 2.75) is 30.8 Å². The van der Waals surface area contributed by atoms with Crippen LogP contribution >= 0.6 is 11.8 Å². The Hall–Kier alpha value is -1.53. The van der Waals surface area contributed by atoms with Crippen LogP contribution < -0.4 is 5.32 Å². The minimum Gasteiger partial charge on any atom is -0.455 e. The van der Waals surface area contributed by atoms with Gasteiger partial charge < -0.3 is 14.8 Å². The van der Waals surface area contributed by atoms with E-state index in [1.165, 1.54) is 17.3 Å². The van der Waals surface area contributed by atoms with E-state index >= 15 is 0 Å². The lowest BCUT2D eigenvalue weighted by molar-refractivity contribution is -0.146. The van der Waals surface area contributed by atoms with Crippen molar-refractivity contribution in [1.82, 2.24) is 5.32 Å². The van der Waals surface area contributed by atoms with Crippen molar-refractivity contribution in [3.05, 3.63) is 29.8 Å². The number of rotatable bonds is 7. The fraction of sp³-hybridized carbons (Fsp3) is 0.500. The zero-order chi connectivity index (χ0) is 15.8. The number of esters is 1. The first-order chi connectivity index (χ1) is 10.6. The van der Waals surface area contributed by atoms with Crippen LogP contribution in [0, 0.1) is 6.92 Å². The van der Waals surface area contributed by atoms with E-state index in [0.29, 0.717) is 6.54 Å². The van der Waals surface area contributed by atoms with Gasteiger partial charge in [0.25, 0.3) is 5.91 Å². The maximum absolute atomic E-state index is 11.6.